The summed E-state index contributed by atoms with van der Waals surface area (Å²) in [6, 6.07) is 2.09. The Morgan fingerprint density at radius 3 is 2.58 bits per heavy atom. The molecule has 0 fully saturated rings. The van der Waals surface area contributed by atoms with E-state index in [1.807, 2.05) is 23.3 Å². The minimum absolute atomic E-state index is 0.0517. The van der Waals surface area contributed by atoms with E-state index in [0.29, 0.717) is 6.42 Å². The van der Waals surface area contributed by atoms with Gasteiger partial charge in [0.25, 0.3) is 0 Å². The van der Waals surface area contributed by atoms with Gasteiger partial charge in [0.2, 0.25) is 5.91 Å². The van der Waals surface area contributed by atoms with Crippen molar-refractivity contribution < 1.29 is 4.79 Å². The average Bonchev–Trinajstić information content (AvgIpc) is 2.96. The Labute approximate surface area is 143 Å². The summed E-state index contributed by atoms with van der Waals surface area (Å²) < 4.78 is 3.85. The fourth-order valence-electron chi connectivity index (χ4n) is 3.56. The van der Waals surface area contributed by atoms with E-state index in [0.717, 1.165) is 35.9 Å². The summed E-state index contributed by atoms with van der Waals surface area (Å²) in [5, 5.41) is 12.2. The number of nitrogens with zero attached hydrogens (tertiary/aromatic N) is 4. The minimum Gasteiger partial charge on any atom is -0.311 e. The largest absolute Gasteiger partial charge is 0.311 e. The number of anilines is 1. The number of rotatable bonds is 3. The van der Waals surface area contributed by atoms with Crippen LogP contribution in [0.1, 0.15) is 62.2 Å². The SMILES string of the molecule is Cc1cc(C)n(CC[C@H]2CC(=O)Nc3c2c(C(C)(C)C)nn3C)n1. The molecule has 0 aromatic carbocycles. The van der Waals surface area contributed by atoms with Crippen molar-refractivity contribution in [1.29, 1.82) is 0 Å². The second-order valence-corrected chi connectivity index (χ2v) is 7.87. The zero-order valence-corrected chi connectivity index (χ0v) is 15.5. The highest BCUT2D eigenvalue weighted by molar-refractivity contribution is 5.94. The Morgan fingerprint density at radius 2 is 2.00 bits per heavy atom. The third kappa shape index (κ3) is 2.97. The van der Waals surface area contributed by atoms with Crippen molar-refractivity contribution in [2.45, 2.75) is 65.3 Å². The van der Waals surface area contributed by atoms with Gasteiger partial charge in [0.15, 0.2) is 0 Å². The average molecular weight is 329 g/mol. The highest BCUT2D eigenvalue weighted by atomic mass is 16.1. The summed E-state index contributed by atoms with van der Waals surface area (Å²) in [6.45, 7) is 11.4. The third-order valence-corrected chi connectivity index (χ3v) is 4.68. The van der Waals surface area contributed by atoms with Crippen molar-refractivity contribution in [1.82, 2.24) is 19.6 Å². The summed E-state index contributed by atoms with van der Waals surface area (Å²) in [5.74, 6) is 1.11. The monoisotopic (exact) mass is 329 g/mol. The van der Waals surface area contributed by atoms with Crippen LogP contribution in [0.4, 0.5) is 5.82 Å². The standard InChI is InChI=1S/C18H27N5O/c1-11-9-12(2)23(20-11)8-7-13-10-14(24)19-17-15(13)16(18(3,4)5)21-22(17)6/h9,13H,7-8,10H2,1-6H3,(H,19,24)/t13-/m0/s1. The molecular weight excluding hydrogens is 302 g/mol. The van der Waals surface area contributed by atoms with Gasteiger partial charge in [-0.1, -0.05) is 20.8 Å². The number of fused-ring (bicyclic) bond motifs is 1. The van der Waals surface area contributed by atoms with Crippen LogP contribution in [0.5, 0.6) is 0 Å². The molecule has 24 heavy (non-hydrogen) atoms. The molecule has 1 aliphatic heterocycles. The van der Waals surface area contributed by atoms with Crippen LogP contribution in [-0.4, -0.2) is 25.5 Å². The first-order valence-corrected chi connectivity index (χ1v) is 8.55. The van der Waals surface area contributed by atoms with Crippen LogP contribution in [0.15, 0.2) is 6.07 Å². The molecule has 1 atom stereocenters. The lowest BCUT2D eigenvalue weighted by atomic mass is 9.81. The molecule has 2 aromatic rings. The van der Waals surface area contributed by atoms with E-state index >= 15 is 0 Å². The quantitative estimate of drug-likeness (QED) is 0.941. The zero-order valence-electron chi connectivity index (χ0n) is 15.5. The van der Waals surface area contributed by atoms with Gasteiger partial charge in [-0.2, -0.15) is 10.2 Å². The van der Waals surface area contributed by atoms with Crippen molar-refractivity contribution in [2.24, 2.45) is 7.05 Å². The summed E-state index contributed by atoms with van der Waals surface area (Å²) in [7, 11) is 1.90. The van der Waals surface area contributed by atoms with Gasteiger partial charge in [0, 0.05) is 36.7 Å². The smallest absolute Gasteiger partial charge is 0.226 e. The summed E-state index contributed by atoms with van der Waals surface area (Å²) >= 11 is 0. The summed E-state index contributed by atoms with van der Waals surface area (Å²) in [4.78, 5) is 12.2. The summed E-state index contributed by atoms with van der Waals surface area (Å²) in [5.41, 5.74) is 4.43. The first-order valence-electron chi connectivity index (χ1n) is 8.55. The third-order valence-electron chi connectivity index (χ3n) is 4.68. The molecule has 1 N–H and O–H groups in total. The zero-order chi connectivity index (χ0) is 17.6. The van der Waals surface area contributed by atoms with Gasteiger partial charge in [-0.25, -0.2) is 0 Å². The Hall–Kier alpha value is -2.11. The van der Waals surface area contributed by atoms with Crippen LogP contribution >= 0.6 is 0 Å². The summed E-state index contributed by atoms with van der Waals surface area (Å²) in [6.07, 6.45) is 1.40. The van der Waals surface area contributed by atoms with Gasteiger partial charge in [-0.3, -0.25) is 14.2 Å². The molecule has 3 rings (SSSR count). The number of hydrogen-bond acceptors (Lipinski definition) is 3. The lowest BCUT2D eigenvalue weighted by molar-refractivity contribution is -0.117. The second kappa shape index (κ2) is 5.76. The first-order chi connectivity index (χ1) is 11.2. The van der Waals surface area contributed by atoms with Gasteiger partial charge in [-0.05, 0) is 32.3 Å². The highest BCUT2D eigenvalue weighted by Gasteiger charge is 2.35. The first kappa shape index (κ1) is 16.7. The number of aryl methyl sites for hydroxylation is 4. The van der Waals surface area contributed by atoms with E-state index in [9.17, 15) is 4.79 Å². The number of carbonyl (C=O) groups is 1. The fraction of sp³-hybridized carbons (Fsp3) is 0.611. The predicted molar refractivity (Wildman–Crippen MR) is 94.2 cm³/mol. The van der Waals surface area contributed by atoms with Gasteiger partial charge in [-0.15, -0.1) is 0 Å². The maximum Gasteiger partial charge on any atom is 0.226 e. The van der Waals surface area contributed by atoms with Gasteiger partial charge < -0.3 is 5.32 Å². The molecule has 0 aliphatic carbocycles. The van der Waals surface area contributed by atoms with E-state index in [4.69, 9.17) is 5.10 Å². The molecule has 0 unspecified atom stereocenters. The van der Waals surface area contributed by atoms with Crippen LogP contribution in [0, 0.1) is 13.8 Å². The Kier molecular flexibility index (Phi) is 4.01. The normalized spacial score (nSPS) is 17.8. The van der Waals surface area contributed by atoms with Crippen LogP contribution in [0.3, 0.4) is 0 Å². The topological polar surface area (TPSA) is 64.7 Å². The van der Waals surface area contributed by atoms with Crippen LogP contribution in [0.2, 0.25) is 0 Å². The van der Waals surface area contributed by atoms with Crippen molar-refractivity contribution in [3.05, 3.63) is 28.7 Å². The van der Waals surface area contributed by atoms with Crippen molar-refractivity contribution >= 4 is 11.7 Å². The van der Waals surface area contributed by atoms with E-state index in [-0.39, 0.29) is 17.2 Å². The van der Waals surface area contributed by atoms with Gasteiger partial charge in [0.05, 0.1) is 11.4 Å². The number of amides is 1. The number of nitrogens with one attached hydrogen (secondary N) is 1. The molecule has 0 saturated heterocycles. The Balaban J connectivity index is 1.93. The molecule has 3 heterocycles. The molecule has 0 saturated carbocycles. The van der Waals surface area contributed by atoms with E-state index < -0.39 is 0 Å². The lowest BCUT2D eigenvalue weighted by Crippen LogP contribution is -2.26. The Morgan fingerprint density at radius 1 is 1.29 bits per heavy atom. The minimum atomic E-state index is -0.0517. The molecular formula is C18H27N5O. The highest BCUT2D eigenvalue weighted by Crippen LogP contribution is 2.41. The van der Waals surface area contributed by atoms with Crippen molar-refractivity contribution in [3.8, 4) is 0 Å². The number of carbonyl (C=O) groups excluding carboxylic acids is 1. The molecule has 6 nitrogen and oxygen atoms in total. The molecule has 1 aliphatic rings. The predicted octanol–water partition coefficient (Wildman–Crippen LogP) is 3.05. The van der Waals surface area contributed by atoms with E-state index in [1.54, 1.807) is 0 Å². The molecule has 6 heteroatoms. The van der Waals surface area contributed by atoms with Crippen molar-refractivity contribution in [3.63, 3.8) is 0 Å². The number of hydrogen-bond donors (Lipinski definition) is 1. The second-order valence-electron chi connectivity index (χ2n) is 7.87. The van der Waals surface area contributed by atoms with Crippen LogP contribution < -0.4 is 5.32 Å². The van der Waals surface area contributed by atoms with Crippen LogP contribution in [0.25, 0.3) is 0 Å². The fourth-order valence-corrected chi connectivity index (χ4v) is 3.56. The lowest BCUT2D eigenvalue weighted by Gasteiger charge is -2.27. The van der Waals surface area contributed by atoms with Crippen LogP contribution in [-0.2, 0) is 23.8 Å². The Bertz CT molecular complexity index is 778. The maximum atomic E-state index is 12.2. The molecule has 130 valence electrons. The van der Waals surface area contributed by atoms with Crippen molar-refractivity contribution in [2.75, 3.05) is 5.32 Å². The molecule has 2 aromatic heterocycles. The number of aromatic nitrogens is 4. The molecule has 1 amide bonds. The van der Waals surface area contributed by atoms with E-state index in [1.165, 1.54) is 5.56 Å². The van der Waals surface area contributed by atoms with E-state index in [2.05, 4.69) is 44.2 Å². The molecule has 0 bridgehead atoms. The maximum absolute atomic E-state index is 12.2. The van der Waals surface area contributed by atoms with Gasteiger partial charge >= 0.3 is 0 Å². The molecule has 0 spiro atoms. The van der Waals surface area contributed by atoms with Gasteiger partial charge in [0.1, 0.15) is 5.82 Å². The molecule has 0 radical (unpaired) electrons.